The van der Waals surface area contributed by atoms with Gasteiger partial charge < -0.3 is 4.74 Å². The van der Waals surface area contributed by atoms with Gasteiger partial charge in [-0.3, -0.25) is 4.57 Å². The van der Waals surface area contributed by atoms with Gasteiger partial charge >= 0.3 is 5.69 Å². The lowest BCUT2D eigenvalue weighted by molar-refractivity contribution is 0.218. The van der Waals surface area contributed by atoms with Crippen LogP contribution in [0.4, 0.5) is 0 Å². The van der Waals surface area contributed by atoms with Crippen molar-refractivity contribution < 1.29 is 4.74 Å². The zero-order chi connectivity index (χ0) is 13.5. The summed E-state index contributed by atoms with van der Waals surface area (Å²) >= 11 is 1.52. The van der Waals surface area contributed by atoms with Gasteiger partial charge in [-0.05, 0) is 12.0 Å². The third kappa shape index (κ3) is 3.97. The predicted molar refractivity (Wildman–Crippen MR) is 75.6 cm³/mol. The molecule has 0 aliphatic carbocycles. The molecule has 1 heterocycles. The predicted octanol–water partition coefficient (Wildman–Crippen LogP) is 1.55. The molecule has 2 aromatic rings. The van der Waals surface area contributed by atoms with Gasteiger partial charge in [-0.2, -0.15) is 0 Å². The van der Waals surface area contributed by atoms with Crippen LogP contribution in [0.1, 0.15) is 5.56 Å². The number of ether oxygens (including phenoxy) is 1. The van der Waals surface area contributed by atoms with Crippen molar-refractivity contribution in [1.29, 1.82) is 0 Å². The second kappa shape index (κ2) is 7.16. The Bertz CT molecular complexity index is 551. The molecule has 0 saturated heterocycles. The van der Waals surface area contributed by atoms with Gasteiger partial charge in [-0.25, -0.2) is 9.89 Å². The first kappa shape index (κ1) is 13.9. The summed E-state index contributed by atoms with van der Waals surface area (Å²) < 4.78 is 6.67. The Labute approximate surface area is 116 Å². The molecule has 2 rings (SSSR count). The smallest absolute Gasteiger partial charge is 0.343 e. The van der Waals surface area contributed by atoms with Crippen molar-refractivity contribution in [2.24, 2.45) is 0 Å². The minimum Gasteiger partial charge on any atom is -0.384 e. The fraction of sp³-hybridized carbons (Fsp3) is 0.385. The maximum absolute atomic E-state index is 11.7. The summed E-state index contributed by atoms with van der Waals surface area (Å²) in [7, 11) is 1.66. The second-order valence-electron chi connectivity index (χ2n) is 4.04. The molecular weight excluding hydrogens is 262 g/mol. The van der Waals surface area contributed by atoms with Gasteiger partial charge in [0, 0.05) is 19.4 Å². The largest absolute Gasteiger partial charge is 0.384 e. The van der Waals surface area contributed by atoms with E-state index in [0.717, 1.165) is 17.3 Å². The summed E-state index contributed by atoms with van der Waals surface area (Å²) in [5.41, 5.74) is 1.05. The minimum atomic E-state index is -0.157. The van der Waals surface area contributed by atoms with Gasteiger partial charge in [-0.1, -0.05) is 42.1 Å². The van der Waals surface area contributed by atoms with E-state index in [1.807, 2.05) is 18.2 Å². The number of aromatic amines is 1. The van der Waals surface area contributed by atoms with Crippen LogP contribution in [-0.4, -0.2) is 34.2 Å². The van der Waals surface area contributed by atoms with Crippen LogP contribution in [0.3, 0.4) is 0 Å². The third-order valence-electron chi connectivity index (χ3n) is 2.71. The number of H-pyrrole nitrogens is 1. The standard InChI is InChI=1S/C13H17N3O2S/c1-18-9-10-19-13-15-14-12(17)16(13)8-7-11-5-3-2-4-6-11/h2-6H,7-10H2,1H3,(H,14,17). The van der Waals surface area contributed by atoms with E-state index in [2.05, 4.69) is 22.3 Å². The van der Waals surface area contributed by atoms with E-state index < -0.39 is 0 Å². The van der Waals surface area contributed by atoms with E-state index in [9.17, 15) is 4.79 Å². The number of nitrogens with one attached hydrogen (secondary N) is 1. The van der Waals surface area contributed by atoms with Crippen molar-refractivity contribution in [3.63, 3.8) is 0 Å². The van der Waals surface area contributed by atoms with Crippen LogP contribution in [0.5, 0.6) is 0 Å². The normalized spacial score (nSPS) is 10.8. The van der Waals surface area contributed by atoms with Gasteiger partial charge in [-0.15, -0.1) is 5.10 Å². The molecule has 1 aromatic heterocycles. The summed E-state index contributed by atoms with van der Waals surface area (Å²) in [6, 6.07) is 10.1. The number of methoxy groups -OCH3 is 1. The number of thioether (sulfide) groups is 1. The van der Waals surface area contributed by atoms with Crippen LogP contribution in [0.15, 0.2) is 40.3 Å². The fourth-order valence-electron chi connectivity index (χ4n) is 1.71. The summed E-state index contributed by atoms with van der Waals surface area (Å²) in [6.07, 6.45) is 0.818. The lowest BCUT2D eigenvalue weighted by Crippen LogP contribution is -2.19. The molecule has 0 saturated carbocycles. The van der Waals surface area contributed by atoms with E-state index in [1.165, 1.54) is 17.3 Å². The molecule has 1 aromatic carbocycles. The van der Waals surface area contributed by atoms with Crippen LogP contribution in [0.25, 0.3) is 0 Å². The molecule has 6 heteroatoms. The Hall–Kier alpha value is -1.53. The summed E-state index contributed by atoms with van der Waals surface area (Å²) in [6.45, 7) is 1.28. The molecular formula is C13H17N3O2S. The van der Waals surface area contributed by atoms with Gasteiger partial charge in [0.2, 0.25) is 0 Å². The minimum absolute atomic E-state index is 0.157. The number of rotatable bonds is 7. The van der Waals surface area contributed by atoms with Gasteiger partial charge in [0.1, 0.15) is 0 Å². The number of benzene rings is 1. The Kier molecular flexibility index (Phi) is 5.23. The van der Waals surface area contributed by atoms with E-state index in [4.69, 9.17) is 4.74 Å². The topological polar surface area (TPSA) is 59.9 Å². The number of aryl methyl sites for hydroxylation is 1. The van der Waals surface area contributed by atoms with E-state index >= 15 is 0 Å². The Balaban J connectivity index is 1.99. The zero-order valence-electron chi connectivity index (χ0n) is 10.8. The summed E-state index contributed by atoms with van der Waals surface area (Å²) in [5, 5.41) is 7.25. The molecule has 0 fully saturated rings. The molecule has 0 unspecified atom stereocenters. The van der Waals surface area contributed by atoms with Crippen molar-refractivity contribution in [3.05, 3.63) is 46.4 Å². The van der Waals surface area contributed by atoms with Crippen LogP contribution in [0, 0.1) is 0 Å². The maximum Gasteiger partial charge on any atom is 0.343 e. The third-order valence-corrected chi connectivity index (χ3v) is 3.65. The molecule has 0 atom stereocenters. The lowest BCUT2D eigenvalue weighted by Gasteiger charge is -2.05. The van der Waals surface area contributed by atoms with Crippen molar-refractivity contribution in [3.8, 4) is 0 Å². The highest BCUT2D eigenvalue weighted by atomic mass is 32.2. The SMILES string of the molecule is COCCSc1n[nH]c(=O)n1CCc1ccccc1. The first-order valence-electron chi connectivity index (χ1n) is 6.12. The van der Waals surface area contributed by atoms with E-state index in [-0.39, 0.29) is 5.69 Å². The molecule has 102 valence electrons. The van der Waals surface area contributed by atoms with Crippen molar-refractivity contribution >= 4 is 11.8 Å². The lowest BCUT2D eigenvalue weighted by atomic mass is 10.1. The molecule has 0 aliphatic heterocycles. The first-order valence-corrected chi connectivity index (χ1v) is 7.10. The Morgan fingerprint density at radius 3 is 2.89 bits per heavy atom. The van der Waals surface area contributed by atoms with Crippen LogP contribution in [0.2, 0.25) is 0 Å². The number of hydrogen-bond donors (Lipinski definition) is 1. The van der Waals surface area contributed by atoms with E-state index in [1.54, 1.807) is 11.7 Å². The van der Waals surface area contributed by atoms with Gasteiger partial charge in [0.05, 0.1) is 6.61 Å². The van der Waals surface area contributed by atoms with Crippen LogP contribution >= 0.6 is 11.8 Å². The van der Waals surface area contributed by atoms with Crippen molar-refractivity contribution in [2.75, 3.05) is 19.5 Å². The molecule has 0 amide bonds. The second-order valence-corrected chi connectivity index (χ2v) is 5.10. The summed E-state index contributed by atoms with van der Waals surface area (Å²) in [5.74, 6) is 0.784. The molecule has 19 heavy (non-hydrogen) atoms. The number of aromatic nitrogens is 3. The molecule has 0 aliphatic rings. The molecule has 1 N–H and O–H groups in total. The highest BCUT2D eigenvalue weighted by molar-refractivity contribution is 7.99. The Morgan fingerprint density at radius 1 is 1.37 bits per heavy atom. The quantitative estimate of drug-likeness (QED) is 0.617. The average Bonchev–Trinajstić information content (AvgIpc) is 2.79. The Morgan fingerprint density at radius 2 is 2.16 bits per heavy atom. The molecule has 0 radical (unpaired) electrons. The first-order chi connectivity index (χ1) is 9.31. The summed E-state index contributed by atoms with van der Waals surface area (Å²) in [4.78, 5) is 11.7. The zero-order valence-corrected chi connectivity index (χ0v) is 11.7. The van der Waals surface area contributed by atoms with Gasteiger partial charge in [0.25, 0.3) is 0 Å². The van der Waals surface area contributed by atoms with Crippen molar-refractivity contribution in [2.45, 2.75) is 18.1 Å². The molecule has 0 spiro atoms. The number of nitrogens with zero attached hydrogens (tertiary/aromatic N) is 2. The average molecular weight is 279 g/mol. The fourth-order valence-corrected chi connectivity index (χ4v) is 2.59. The van der Waals surface area contributed by atoms with E-state index in [0.29, 0.717) is 13.2 Å². The molecule has 5 nitrogen and oxygen atoms in total. The van der Waals surface area contributed by atoms with Crippen LogP contribution in [-0.2, 0) is 17.7 Å². The highest BCUT2D eigenvalue weighted by Crippen LogP contribution is 2.13. The van der Waals surface area contributed by atoms with Crippen molar-refractivity contribution in [1.82, 2.24) is 14.8 Å². The maximum atomic E-state index is 11.7. The van der Waals surface area contributed by atoms with Gasteiger partial charge in [0.15, 0.2) is 5.16 Å². The van der Waals surface area contributed by atoms with Crippen LogP contribution < -0.4 is 5.69 Å². The monoisotopic (exact) mass is 279 g/mol. The number of hydrogen-bond acceptors (Lipinski definition) is 4. The molecule has 0 bridgehead atoms. The highest BCUT2D eigenvalue weighted by Gasteiger charge is 2.08.